The highest BCUT2D eigenvalue weighted by Crippen LogP contribution is 2.41. The minimum atomic E-state index is -0.595. The van der Waals surface area contributed by atoms with Crippen molar-refractivity contribution in [2.75, 3.05) is 13.7 Å². The molecule has 2 N–H and O–H groups in total. The molecule has 1 saturated heterocycles. The van der Waals surface area contributed by atoms with Crippen molar-refractivity contribution in [3.8, 4) is 22.9 Å². The number of carbonyl (C=O) groups is 1. The lowest BCUT2D eigenvalue weighted by Crippen LogP contribution is -2.67. The fourth-order valence-corrected chi connectivity index (χ4v) is 3.69. The van der Waals surface area contributed by atoms with Gasteiger partial charge in [0.1, 0.15) is 11.8 Å². The standard InChI is InChI=1S/C22H25N3O3/c1-14(2)24-22(27)25-19(12-23)21(20(25)13-26)17-6-4-15(5-7-17)16-8-10-18(28-3)11-9-16/h4-11,14,19-21,26H,13H2,1-3H3,(H,24,27)/t19-,20-,21-/m0/s1. The number of amides is 2. The van der Waals surface area contributed by atoms with E-state index in [-0.39, 0.29) is 24.6 Å². The number of rotatable bonds is 5. The van der Waals surface area contributed by atoms with E-state index in [1.165, 1.54) is 4.90 Å². The van der Waals surface area contributed by atoms with E-state index in [9.17, 15) is 15.2 Å². The van der Waals surface area contributed by atoms with Gasteiger partial charge in [0.2, 0.25) is 0 Å². The van der Waals surface area contributed by atoms with Crippen molar-refractivity contribution in [1.29, 1.82) is 5.26 Å². The van der Waals surface area contributed by atoms with Crippen molar-refractivity contribution < 1.29 is 14.6 Å². The second-order valence-corrected chi connectivity index (χ2v) is 7.21. The molecule has 0 aliphatic carbocycles. The maximum Gasteiger partial charge on any atom is 0.319 e. The zero-order valence-corrected chi connectivity index (χ0v) is 16.3. The Morgan fingerprint density at radius 1 is 1.18 bits per heavy atom. The van der Waals surface area contributed by atoms with Crippen molar-refractivity contribution in [3.05, 3.63) is 54.1 Å². The first kappa shape index (κ1) is 19.7. The molecule has 3 rings (SSSR count). The highest BCUT2D eigenvalue weighted by Gasteiger charge is 2.51. The predicted molar refractivity (Wildman–Crippen MR) is 107 cm³/mol. The normalized spacial score (nSPS) is 21.0. The van der Waals surface area contributed by atoms with Gasteiger partial charge < -0.3 is 20.1 Å². The van der Waals surface area contributed by atoms with E-state index in [1.807, 2.05) is 62.4 Å². The summed E-state index contributed by atoms with van der Waals surface area (Å²) in [6.07, 6.45) is 0. The number of benzene rings is 2. The van der Waals surface area contributed by atoms with Gasteiger partial charge in [0.15, 0.2) is 0 Å². The number of urea groups is 1. The molecule has 0 radical (unpaired) electrons. The number of nitrogens with zero attached hydrogens (tertiary/aromatic N) is 2. The highest BCUT2D eigenvalue weighted by molar-refractivity contribution is 5.77. The summed E-state index contributed by atoms with van der Waals surface area (Å²) in [7, 11) is 1.64. The van der Waals surface area contributed by atoms with Crippen LogP contribution in [0.1, 0.15) is 25.3 Å². The molecule has 0 saturated carbocycles. The van der Waals surface area contributed by atoms with Gasteiger partial charge in [0.25, 0.3) is 0 Å². The molecule has 1 aliphatic heterocycles. The van der Waals surface area contributed by atoms with E-state index in [0.29, 0.717) is 0 Å². The summed E-state index contributed by atoms with van der Waals surface area (Å²) in [4.78, 5) is 13.8. The Bertz CT molecular complexity index is 856. The maximum absolute atomic E-state index is 12.4. The number of nitriles is 1. The van der Waals surface area contributed by atoms with Crippen molar-refractivity contribution in [1.82, 2.24) is 10.2 Å². The zero-order chi connectivity index (χ0) is 20.3. The van der Waals surface area contributed by atoms with Crippen LogP contribution >= 0.6 is 0 Å². The van der Waals surface area contributed by atoms with Crippen molar-refractivity contribution in [3.63, 3.8) is 0 Å². The van der Waals surface area contributed by atoms with Gasteiger partial charge in [-0.3, -0.25) is 0 Å². The summed E-state index contributed by atoms with van der Waals surface area (Å²) in [5, 5.41) is 22.2. The van der Waals surface area contributed by atoms with Gasteiger partial charge >= 0.3 is 6.03 Å². The summed E-state index contributed by atoms with van der Waals surface area (Å²) >= 11 is 0. The summed E-state index contributed by atoms with van der Waals surface area (Å²) in [6, 6.07) is 16.6. The molecular formula is C22H25N3O3. The predicted octanol–water partition coefficient (Wildman–Crippen LogP) is 3.13. The van der Waals surface area contributed by atoms with Crippen molar-refractivity contribution in [2.24, 2.45) is 0 Å². The van der Waals surface area contributed by atoms with Gasteiger partial charge in [0, 0.05) is 12.0 Å². The Morgan fingerprint density at radius 2 is 1.75 bits per heavy atom. The molecule has 1 aliphatic rings. The number of likely N-dealkylation sites (tertiary alicyclic amines) is 1. The van der Waals surface area contributed by atoms with Gasteiger partial charge in [-0.2, -0.15) is 5.26 Å². The van der Waals surface area contributed by atoms with E-state index in [0.717, 1.165) is 22.4 Å². The van der Waals surface area contributed by atoms with E-state index >= 15 is 0 Å². The monoisotopic (exact) mass is 379 g/mol. The van der Waals surface area contributed by atoms with E-state index in [2.05, 4.69) is 11.4 Å². The number of nitrogens with one attached hydrogen (secondary N) is 1. The van der Waals surface area contributed by atoms with Gasteiger partial charge in [-0.15, -0.1) is 0 Å². The van der Waals surface area contributed by atoms with Crippen molar-refractivity contribution >= 4 is 6.03 Å². The maximum atomic E-state index is 12.4. The number of ether oxygens (including phenoxy) is 1. The van der Waals surface area contributed by atoms with Gasteiger partial charge in [-0.25, -0.2) is 4.79 Å². The van der Waals surface area contributed by atoms with Crippen LogP contribution in [0.15, 0.2) is 48.5 Å². The fourth-order valence-electron chi connectivity index (χ4n) is 3.69. The molecule has 6 nitrogen and oxygen atoms in total. The Labute approximate surface area is 165 Å². The Morgan fingerprint density at radius 3 is 2.21 bits per heavy atom. The van der Waals surface area contributed by atoms with Crippen LogP contribution in [-0.2, 0) is 0 Å². The summed E-state index contributed by atoms with van der Waals surface area (Å²) in [5.41, 5.74) is 3.06. The van der Waals surface area contributed by atoms with Crippen LogP contribution < -0.4 is 10.1 Å². The molecule has 3 atom stereocenters. The first-order chi connectivity index (χ1) is 13.5. The van der Waals surface area contributed by atoms with Crippen LogP contribution in [0.5, 0.6) is 5.75 Å². The molecule has 6 heteroatoms. The Kier molecular flexibility index (Phi) is 5.86. The quantitative estimate of drug-likeness (QED) is 0.836. The Hall–Kier alpha value is -3.04. The molecule has 0 bridgehead atoms. The molecular weight excluding hydrogens is 354 g/mol. The van der Waals surface area contributed by atoms with Crippen LogP contribution in [0, 0.1) is 11.3 Å². The molecule has 1 heterocycles. The zero-order valence-electron chi connectivity index (χ0n) is 16.3. The van der Waals surface area contributed by atoms with Crippen molar-refractivity contribution in [2.45, 2.75) is 37.9 Å². The average molecular weight is 379 g/mol. The lowest BCUT2D eigenvalue weighted by atomic mass is 9.75. The number of aliphatic hydroxyl groups is 1. The fraction of sp³-hybridized carbons (Fsp3) is 0.364. The molecule has 0 unspecified atom stereocenters. The summed E-state index contributed by atoms with van der Waals surface area (Å²) in [6.45, 7) is 3.54. The summed E-state index contributed by atoms with van der Waals surface area (Å²) < 4.78 is 5.19. The molecule has 2 aromatic rings. The Balaban J connectivity index is 1.80. The molecule has 0 spiro atoms. The van der Waals surface area contributed by atoms with Crippen LogP contribution in [0.25, 0.3) is 11.1 Å². The minimum absolute atomic E-state index is 0.0333. The molecule has 2 aromatic carbocycles. The van der Waals surface area contributed by atoms with Gasteiger partial charge in [0.05, 0.1) is 25.8 Å². The topological polar surface area (TPSA) is 85.6 Å². The number of carbonyl (C=O) groups excluding carboxylic acids is 1. The number of aliphatic hydroxyl groups excluding tert-OH is 1. The first-order valence-electron chi connectivity index (χ1n) is 9.33. The number of hydrogen-bond acceptors (Lipinski definition) is 4. The third kappa shape index (κ3) is 3.67. The second-order valence-electron chi connectivity index (χ2n) is 7.21. The highest BCUT2D eigenvalue weighted by atomic mass is 16.5. The number of methoxy groups -OCH3 is 1. The van der Waals surface area contributed by atoms with Crippen LogP contribution in [0.2, 0.25) is 0 Å². The smallest absolute Gasteiger partial charge is 0.319 e. The molecule has 0 aromatic heterocycles. The van der Waals surface area contributed by atoms with E-state index in [1.54, 1.807) is 7.11 Å². The van der Waals surface area contributed by atoms with Crippen LogP contribution in [0.4, 0.5) is 4.79 Å². The first-order valence-corrected chi connectivity index (χ1v) is 9.33. The lowest BCUT2D eigenvalue weighted by molar-refractivity contribution is 0.0162. The minimum Gasteiger partial charge on any atom is -0.497 e. The molecule has 146 valence electrons. The van der Waals surface area contributed by atoms with E-state index in [4.69, 9.17) is 4.74 Å². The third-order valence-corrected chi connectivity index (χ3v) is 5.10. The third-order valence-electron chi connectivity index (χ3n) is 5.10. The number of hydrogen-bond donors (Lipinski definition) is 2. The van der Waals surface area contributed by atoms with Crippen LogP contribution in [0.3, 0.4) is 0 Å². The largest absolute Gasteiger partial charge is 0.497 e. The van der Waals surface area contributed by atoms with Gasteiger partial charge in [-0.1, -0.05) is 36.4 Å². The second kappa shape index (κ2) is 8.32. The van der Waals surface area contributed by atoms with E-state index < -0.39 is 12.1 Å². The molecule has 1 fully saturated rings. The summed E-state index contributed by atoms with van der Waals surface area (Å²) in [5.74, 6) is 0.593. The lowest BCUT2D eigenvalue weighted by Gasteiger charge is -2.51. The molecule has 2 amide bonds. The SMILES string of the molecule is COc1ccc(-c2ccc([C@H]3[C@H](C#N)N(C(=O)NC(C)C)[C@H]3CO)cc2)cc1. The van der Waals surface area contributed by atoms with Gasteiger partial charge in [-0.05, 0) is 42.7 Å². The average Bonchev–Trinajstić information content (AvgIpc) is 2.68. The molecule has 28 heavy (non-hydrogen) atoms. The van der Waals surface area contributed by atoms with Crippen LogP contribution in [-0.4, -0.2) is 47.9 Å².